The zero-order valence-electron chi connectivity index (χ0n) is 8.67. The SMILES string of the molecule is CC(=O)C(C(=O)O)N(C(=O)CN)C(=O)CN. The van der Waals surface area contributed by atoms with Gasteiger partial charge in [0.1, 0.15) is 0 Å². The Hall–Kier alpha value is -1.80. The molecule has 0 heterocycles. The molecule has 1 atom stereocenters. The first kappa shape index (κ1) is 14.2. The summed E-state index contributed by atoms with van der Waals surface area (Å²) in [5, 5.41) is 8.75. The van der Waals surface area contributed by atoms with Gasteiger partial charge < -0.3 is 16.6 Å². The first-order valence-electron chi connectivity index (χ1n) is 4.35. The largest absolute Gasteiger partial charge is 0.479 e. The molecular formula is C8H13N3O5. The maximum atomic E-state index is 11.3. The number of amides is 2. The average molecular weight is 231 g/mol. The van der Waals surface area contributed by atoms with Crippen molar-refractivity contribution in [3.05, 3.63) is 0 Å². The van der Waals surface area contributed by atoms with Gasteiger partial charge in [-0.15, -0.1) is 0 Å². The molecule has 0 aromatic carbocycles. The normalized spacial score (nSPS) is 11.7. The van der Waals surface area contributed by atoms with Crippen LogP contribution in [0.25, 0.3) is 0 Å². The van der Waals surface area contributed by atoms with Crippen molar-refractivity contribution in [1.82, 2.24) is 4.90 Å². The second-order valence-electron chi connectivity index (χ2n) is 2.92. The number of hydrogen-bond acceptors (Lipinski definition) is 6. The first-order valence-corrected chi connectivity index (χ1v) is 4.35. The Morgan fingerprint density at radius 1 is 1.12 bits per heavy atom. The quantitative estimate of drug-likeness (QED) is 0.436. The molecule has 0 aliphatic heterocycles. The molecule has 8 nitrogen and oxygen atoms in total. The van der Waals surface area contributed by atoms with Gasteiger partial charge in [0.05, 0.1) is 13.1 Å². The van der Waals surface area contributed by atoms with E-state index in [9.17, 15) is 19.2 Å². The van der Waals surface area contributed by atoms with E-state index in [1.807, 2.05) is 0 Å². The van der Waals surface area contributed by atoms with Crippen LogP contribution in [0.4, 0.5) is 0 Å². The van der Waals surface area contributed by atoms with E-state index in [0.29, 0.717) is 0 Å². The molecule has 0 saturated heterocycles. The minimum Gasteiger partial charge on any atom is -0.479 e. The number of Topliss-reactive ketones (excluding diaryl/α,β-unsaturated/α-hetero) is 1. The highest BCUT2D eigenvalue weighted by molar-refractivity contribution is 6.10. The maximum absolute atomic E-state index is 11.3. The highest BCUT2D eigenvalue weighted by atomic mass is 16.4. The van der Waals surface area contributed by atoms with Crippen molar-refractivity contribution in [2.75, 3.05) is 13.1 Å². The number of carboxylic acid groups (broad SMARTS) is 1. The second kappa shape index (κ2) is 5.93. The van der Waals surface area contributed by atoms with Crippen LogP contribution in [0.3, 0.4) is 0 Å². The number of nitrogens with two attached hydrogens (primary N) is 2. The van der Waals surface area contributed by atoms with E-state index in [2.05, 4.69) is 0 Å². The topological polar surface area (TPSA) is 144 Å². The van der Waals surface area contributed by atoms with E-state index in [-0.39, 0.29) is 4.90 Å². The first-order chi connectivity index (χ1) is 7.36. The number of ketones is 1. The fraction of sp³-hybridized carbons (Fsp3) is 0.500. The smallest absolute Gasteiger partial charge is 0.334 e. The molecule has 1 unspecified atom stereocenters. The summed E-state index contributed by atoms with van der Waals surface area (Å²) in [5.41, 5.74) is 10.0. The Morgan fingerprint density at radius 2 is 1.50 bits per heavy atom. The summed E-state index contributed by atoms with van der Waals surface area (Å²) >= 11 is 0. The van der Waals surface area contributed by atoms with Gasteiger partial charge >= 0.3 is 5.97 Å². The molecule has 0 fully saturated rings. The minimum absolute atomic E-state index is 0.282. The summed E-state index contributed by atoms with van der Waals surface area (Å²) in [5.74, 6) is -4.37. The Balaban J connectivity index is 5.28. The van der Waals surface area contributed by atoms with Crippen LogP contribution in [0, 0.1) is 0 Å². The van der Waals surface area contributed by atoms with Crippen LogP contribution in [0.2, 0.25) is 0 Å². The van der Waals surface area contributed by atoms with Crippen LogP contribution < -0.4 is 11.5 Å². The molecule has 2 amide bonds. The van der Waals surface area contributed by atoms with Crippen molar-refractivity contribution in [2.24, 2.45) is 11.5 Å². The third kappa shape index (κ3) is 3.11. The summed E-state index contributed by atoms with van der Waals surface area (Å²) in [4.78, 5) is 44.7. The summed E-state index contributed by atoms with van der Waals surface area (Å²) in [6.07, 6.45) is 0. The lowest BCUT2D eigenvalue weighted by atomic mass is 10.1. The van der Waals surface area contributed by atoms with Gasteiger partial charge in [0.15, 0.2) is 11.8 Å². The standard InChI is InChI=1S/C8H13N3O5/c1-4(12)7(8(15)16)11(5(13)2-9)6(14)3-10/h7H,2-3,9-10H2,1H3,(H,15,16). The van der Waals surface area contributed by atoms with Crippen LogP contribution in [0.1, 0.15) is 6.92 Å². The molecule has 5 N–H and O–H groups in total. The Kier molecular flexibility index (Phi) is 5.26. The zero-order chi connectivity index (χ0) is 12.9. The van der Waals surface area contributed by atoms with Crippen molar-refractivity contribution in [2.45, 2.75) is 13.0 Å². The lowest BCUT2D eigenvalue weighted by Crippen LogP contribution is -2.55. The number of carbonyl (C=O) groups is 4. The Morgan fingerprint density at radius 3 is 1.69 bits per heavy atom. The van der Waals surface area contributed by atoms with Gasteiger partial charge in [-0.25, -0.2) is 4.79 Å². The number of carboxylic acids is 1. The van der Waals surface area contributed by atoms with E-state index in [1.165, 1.54) is 0 Å². The van der Waals surface area contributed by atoms with Crippen molar-refractivity contribution >= 4 is 23.6 Å². The summed E-state index contributed by atoms with van der Waals surface area (Å²) < 4.78 is 0. The van der Waals surface area contributed by atoms with Gasteiger partial charge in [-0.1, -0.05) is 0 Å². The monoisotopic (exact) mass is 231 g/mol. The van der Waals surface area contributed by atoms with E-state index >= 15 is 0 Å². The predicted octanol–water partition coefficient (Wildman–Crippen LogP) is -2.70. The fourth-order valence-electron chi connectivity index (χ4n) is 1.09. The molecule has 0 aliphatic carbocycles. The van der Waals surface area contributed by atoms with Gasteiger partial charge in [0.25, 0.3) is 0 Å². The summed E-state index contributed by atoms with van der Waals surface area (Å²) in [6.45, 7) is -0.203. The van der Waals surface area contributed by atoms with Crippen LogP contribution in [0.15, 0.2) is 0 Å². The van der Waals surface area contributed by atoms with Gasteiger partial charge in [-0.2, -0.15) is 0 Å². The lowest BCUT2D eigenvalue weighted by molar-refractivity contribution is -0.160. The van der Waals surface area contributed by atoms with Crippen molar-refractivity contribution in [3.63, 3.8) is 0 Å². The molecule has 8 heteroatoms. The van der Waals surface area contributed by atoms with E-state index < -0.39 is 42.7 Å². The second-order valence-corrected chi connectivity index (χ2v) is 2.92. The number of carbonyl (C=O) groups excluding carboxylic acids is 3. The van der Waals surface area contributed by atoms with Crippen LogP contribution >= 0.6 is 0 Å². The molecule has 0 spiro atoms. The highest BCUT2D eigenvalue weighted by Gasteiger charge is 2.36. The van der Waals surface area contributed by atoms with Crippen molar-refractivity contribution in [1.29, 1.82) is 0 Å². The molecule has 16 heavy (non-hydrogen) atoms. The minimum atomic E-state index is -1.87. The number of aliphatic carboxylic acids is 1. The lowest BCUT2D eigenvalue weighted by Gasteiger charge is -2.24. The molecule has 0 saturated carbocycles. The van der Waals surface area contributed by atoms with E-state index in [4.69, 9.17) is 16.6 Å². The molecule has 0 aromatic heterocycles. The summed E-state index contributed by atoms with van der Waals surface area (Å²) in [6, 6.07) is -1.87. The zero-order valence-corrected chi connectivity index (χ0v) is 8.67. The molecule has 0 radical (unpaired) electrons. The maximum Gasteiger partial charge on any atom is 0.334 e. The van der Waals surface area contributed by atoms with Gasteiger partial charge in [-0.05, 0) is 6.92 Å². The molecule has 90 valence electrons. The Labute approximate surface area is 91.2 Å². The molecule has 0 aromatic rings. The molecule has 0 aliphatic rings. The van der Waals surface area contributed by atoms with E-state index in [1.54, 1.807) is 0 Å². The highest BCUT2D eigenvalue weighted by Crippen LogP contribution is 2.03. The van der Waals surface area contributed by atoms with Crippen LogP contribution in [0.5, 0.6) is 0 Å². The van der Waals surface area contributed by atoms with Crippen molar-refractivity contribution < 1.29 is 24.3 Å². The predicted molar refractivity (Wildman–Crippen MR) is 52.1 cm³/mol. The number of nitrogens with zero attached hydrogens (tertiary/aromatic N) is 1. The van der Waals surface area contributed by atoms with Crippen LogP contribution in [-0.2, 0) is 19.2 Å². The van der Waals surface area contributed by atoms with Gasteiger partial charge in [0.2, 0.25) is 11.8 Å². The number of imide groups is 1. The van der Waals surface area contributed by atoms with Gasteiger partial charge in [0, 0.05) is 0 Å². The molecule has 0 rings (SSSR count). The third-order valence-electron chi connectivity index (χ3n) is 1.76. The van der Waals surface area contributed by atoms with Gasteiger partial charge in [-0.3, -0.25) is 19.3 Å². The van der Waals surface area contributed by atoms with Crippen molar-refractivity contribution in [3.8, 4) is 0 Å². The molecule has 0 bridgehead atoms. The fourth-order valence-corrected chi connectivity index (χ4v) is 1.09. The van der Waals surface area contributed by atoms with E-state index in [0.717, 1.165) is 6.92 Å². The Bertz CT molecular complexity index is 298. The number of rotatable bonds is 5. The molecular weight excluding hydrogens is 218 g/mol. The third-order valence-corrected chi connectivity index (χ3v) is 1.76. The van der Waals surface area contributed by atoms with Crippen LogP contribution in [-0.4, -0.2) is 52.7 Å². The number of hydrogen-bond donors (Lipinski definition) is 3. The average Bonchev–Trinajstić information content (AvgIpc) is 2.22. The summed E-state index contributed by atoms with van der Waals surface area (Å²) in [7, 11) is 0.